The molecule has 0 saturated heterocycles. The molecule has 0 aromatic heterocycles. The molecule has 1 aromatic rings. The van der Waals surface area contributed by atoms with Gasteiger partial charge in [-0.1, -0.05) is 20.8 Å². The van der Waals surface area contributed by atoms with E-state index in [1.54, 1.807) is 0 Å². The summed E-state index contributed by atoms with van der Waals surface area (Å²) in [5.74, 6) is -0.424. The summed E-state index contributed by atoms with van der Waals surface area (Å²) in [4.78, 5) is 12.7. The lowest BCUT2D eigenvalue weighted by Gasteiger charge is -2.16. The molecule has 0 aliphatic heterocycles. The van der Waals surface area contributed by atoms with Crippen LogP contribution in [0.15, 0.2) is 21.5 Å². The molecule has 0 saturated carbocycles. The van der Waals surface area contributed by atoms with Gasteiger partial charge in [0.15, 0.2) is 0 Å². The number of carbonyl (C=O) groups excluding carboxylic acids is 1. The monoisotopic (exact) mass is 363 g/mol. The minimum Gasteiger partial charge on any atom is -0.465 e. The summed E-state index contributed by atoms with van der Waals surface area (Å²) in [6.07, 6.45) is 0.630. The van der Waals surface area contributed by atoms with Crippen LogP contribution in [0, 0.1) is 11.7 Å². The predicted molar refractivity (Wildman–Crippen MR) is 84.2 cm³/mol. The van der Waals surface area contributed by atoms with E-state index in [-0.39, 0.29) is 16.9 Å². The summed E-state index contributed by atoms with van der Waals surface area (Å²) in [7, 11) is 0. The van der Waals surface area contributed by atoms with Gasteiger partial charge in [0.05, 0.1) is 12.3 Å². The molecule has 3 nitrogen and oxygen atoms in total. The average molecular weight is 364 g/mol. The second kappa shape index (κ2) is 7.88. The van der Waals surface area contributed by atoms with Crippen molar-refractivity contribution in [3.63, 3.8) is 0 Å². The third kappa shape index (κ3) is 4.98. The number of rotatable bonds is 6. The smallest absolute Gasteiger partial charge is 0.319 e. The van der Waals surface area contributed by atoms with Crippen molar-refractivity contribution >= 4 is 39.3 Å². The van der Waals surface area contributed by atoms with Crippen LogP contribution in [0.1, 0.15) is 27.2 Å². The van der Waals surface area contributed by atoms with Crippen molar-refractivity contribution in [3.8, 4) is 0 Å². The molecule has 20 heavy (non-hydrogen) atoms. The first-order valence-electron chi connectivity index (χ1n) is 6.43. The zero-order valence-electron chi connectivity index (χ0n) is 11.8. The molecule has 0 heterocycles. The summed E-state index contributed by atoms with van der Waals surface area (Å²) >= 11 is 4.61. The average Bonchev–Trinajstić information content (AvgIpc) is 2.38. The molecule has 0 fully saturated rings. The zero-order chi connectivity index (χ0) is 15.3. The van der Waals surface area contributed by atoms with Crippen LogP contribution in [0.3, 0.4) is 0 Å². The molecule has 0 spiro atoms. The van der Waals surface area contributed by atoms with Crippen molar-refractivity contribution in [3.05, 3.63) is 22.4 Å². The van der Waals surface area contributed by atoms with Crippen LogP contribution < -0.4 is 5.73 Å². The molecule has 6 heteroatoms. The second-order valence-corrected chi connectivity index (χ2v) is 6.94. The number of thioether (sulfide) groups is 1. The maximum Gasteiger partial charge on any atom is 0.319 e. The topological polar surface area (TPSA) is 52.3 Å². The van der Waals surface area contributed by atoms with E-state index in [9.17, 15) is 9.18 Å². The minimum atomic E-state index is -0.475. The Morgan fingerprint density at radius 3 is 2.70 bits per heavy atom. The number of ether oxygens (including phenoxy) is 1. The van der Waals surface area contributed by atoms with Crippen LogP contribution in [-0.2, 0) is 9.53 Å². The predicted octanol–water partition coefficient (Wildman–Crippen LogP) is 4.24. The lowest BCUT2D eigenvalue weighted by atomic mass is 10.2. The molecule has 0 radical (unpaired) electrons. The van der Waals surface area contributed by atoms with E-state index in [1.807, 2.05) is 20.8 Å². The van der Waals surface area contributed by atoms with Crippen molar-refractivity contribution in [2.75, 3.05) is 12.3 Å². The van der Waals surface area contributed by atoms with Crippen LogP contribution in [-0.4, -0.2) is 17.8 Å². The SMILES string of the molecule is CCC(Sc1cc(N)c(F)cc1Br)C(=O)OCC(C)C. The largest absolute Gasteiger partial charge is 0.465 e. The van der Waals surface area contributed by atoms with Crippen molar-refractivity contribution in [2.45, 2.75) is 37.3 Å². The molecule has 2 N–H and O–H groups in total. The highest BCUT2D eigenvalue weighted by molar-refractivity contribution is 9.10. The Bertz CT molecular complexity index is 482. The molecule has 112 valence electrons. The molecule has 0 bridgehead atoms. The summed E-state index contributed by atoms with van der Waals surface area (Å²) in [5, 5.41) is -0.324. The van der Waals surface area contributed by atoms with Gasteiger partial charge in [0.25, 0.3) is 0 Å². The maximum atomic E-state index is 13.3. The number of hydrogen-bond donors (Lipinski definition) is 1. The Morgan fingerprint density at radius 2 is 2.15 bits per heavy atom. The van der Waals surface area contributed by atoms with Gasteiger partial charge < -0.3 is 10.5 Å². The quantitative estimate of drug-likeness (QED) is 0.466. The second-order valence-electron chi connectivity index (χ2n) is 4.84. The Balaban J connectivity index is 2.78. The normalized spacial score (nSPS) is 12.5. The van der Waals surface area contributed by atoms with Crippen molar-refractivity contribution in [2.24, 2.45) is 5.92 Å². The molecule has 1 aromatic carbocycles. The summed E-state index contributed by atoms with van der Waals surface area (Å²) < 4.78 is 19.1. The Hall–Kier alpha value is -0.750. The van der Waals surface area contributed by atoms with Gasteiger partial charge in [0, 0.05) is 9.37 Å². The Labute approximate surface area is 131 Å². The lowest BCUT2D eigenvalue weighted by Crippen LogP contribution is -2.21. The fourth-order valence-electron chi connectivity index (χ4n) is 1.43. The Morgan fingerprint density at radius 1 is 1.50 bits per heavy atom. The highest BCUT2D eigenvalue weighted by atomic mass is 79.9. The van der Waals surface area contributed by atoms with Gasteiger partial charge in [0.1, 0.15) is 11.1 Å². The van der Waals surface area contributed by atoms with Crippen LogP contribution in [0.5, 0.6) is 0 Å². The zero-order valence-corrected chi connectivity index (χ0v) is 14.2. The van der Waals surface area contributed by atoms with Crippen LogP contribution in [0.2, 0.25) is 0 Å². The maximum absolute atomic E-state index is 13.3. The van der Waals surface area contributed by atoms with E-state index in [1.165, 1.54) is 23.9 Å². The third-order valence-electron chi connectivity index (χ3n) is 2.51. The van der Waals surface area contributed by atoms with Crippen LogP contribution >= 0.6 is 27.7 Å². The Kier molecular flexibility index (Phi) is 6.82. The van der Waals surface area contributed by atoms with Gasteiger partial charge >= 0.3 is 5.97 Å². The van der Waals surface area contributed by atoms with Gasteiger partial charge in [-0.15, -0.1) is 11.8 Å². The molecule has 0 aliphatic rings. The lowest BCUT2D eigenvalue weighted by molar-refractivity contribution is -0.144. The third-order valence-corrected chi connectivity index (χ3v) is 4.83. The fourth-order valence-corrected chi connectivity index (χ4v) is 3.03. The van der Waals surface area contributed by atoms with E-state index in [2.05, 4.69) is 15.9 Å². The van der Waals surface area contributed by atoms with Gasteiger partial charge in [-0.2, -0.15) is 0 Å². The molecule has 0 amide bonds. The van der Waals surface area contributed by atoms with Crippen LogP contribution in [0.4, 0.5) is 10.1 Å². The summed E-state index contributed by atoms with van der Waals surface area (Å²) in [6, 6.07) is 2.84. The number of carbonyl (C=O) groups is 1. The molecular formula is C14H19BrFNO2S. The van der Waals surface area contributed by atoms with Crippen molar-refractivity contribution in [1.29, 1.82) is 0 Å². The van der Waals surface area contributed by atoms with Crippen LogP contribution in [0.25, 0.3) is 0 Å². The number of anilines is 1. The first-order chi connectivity index (χ1) is 9.35. The highest BCUT2D eigenvalue weighted by Crippen LogP contribution is 2.35. The number of halogens is 2. The number of hydrogen-bond acceptors (Lipinski definition) is 4. The van der Waals surface area contributed by atoms with Crippen molar-refractivity contribution < 1.29 is 13.9 Å². The molecular weight excluding hydrogens is 345 g/mol. The molecule has 0 aliphatic carbocycles. The summed E-state index contributed by atoms with van der Waals surface area (Å²) in [6.45, 7) is 6.29. The standard InChI is InChI=1S/C14H19BrFNO2S/c1-4-12(14(18)19-7-8(2)3)20-13-6-11(17)10(16)5-9(13)15/h5-6,8,12H,4,7,17H2,1-3H3. The van der Waals surface area contributed by atoms with E-state index in [4.69, 9.17) is 10.5 Å². The number of nitrogens with two attached hydrogens (primary N) is 1. The molecule has 1 rings (SSSR count). The van der Waals surface area contributed by atoms with Gasteiger partial charge in [-0.25, -0.2) is 4.39 Å². The number of esters is 1. The minimum absolute atomic E-state index is 0.0705. The van der Waals surface area contributed by atoms with Crippen molar-refractivity contribution in [1.82, 2.24) is 0 Å². The molecule has 1 unspecified atom stereocenters. The van der Waals surface area contributed by atoms with E-state index >= 15 is 0 Å². The highest BCUT2D eigenvalue weighted by Gasteiger charge is 2.21. The first-order valence-corrected chi connectivity index (χ1v) is 8.10. The summed E-state index contributed by atoms with van der Waals surface area (Å²) in [5.41, 5.74) is 5.63. The fraction of sp³-hybridized carbons (Fsp3) is 0.500. The van der Waals surface area contributed by atoms with E-state index in [0.717, 1.165) is 4.90 Å². The van der Waals surface area contributed by atoms with Gasteiger partial charge in [-0.05, 0) is 40.4 Å². The van der Waals surface area contributed by atoms with Gasteiger partial charge in [-0.3, -0.25) is 4.79 Å². The van der Waals surface area contributed by atoms with E-state index in [0.29, 0.717) is 23.4 Å². The molecule has 1 atom stereocenters. The van der Waals surface area contributed by atoms with Gasteiger partial charge in [0.2, 0.25) is 0 Å². The first kappa shape index (κ1) is 17.3. The number of nitrogen functional groups attached to an aromatic ring is 1. The van der Waals surface area contributed by atoms with E-state index < -0.39 is 5.82 Å². The number of benzene rings is 1.